The summed E-state index contributed by atoms with van der Waals surface area (Å²) in [5.74, 6) is -25.3. The van der Waals surface area contributed by atoms with Crippen molar-refractivity contribution >= 4 is 17.8 Å². The van der Waals surface area contributed by atoms with Gasteiger partial charge in [0.1, 0.15) is 0 Å². The molecule has 0 aliphatic rings. The first-order valence-electron chi connectivity index (χ1n) is 6.11. The maximum atomic E-state index is 13.8. The number of hydrogen-bond acceptors (Lipinski definition) is 1. The number of halogens is 10. The molecule has 1 nitrogen and oxygen atoms in total. The van der Waals surface area contributed by atoms with Crippen LogP contribution in [0.4, 0.5) is 43.9 Å². The van der Waals surface area contributed by atoms with Gasteiger partial charge in [0.15, 0.2) is 58.2 Å². The lowest BCUT2D eigenvalue weighted by atomic mass is 9.54. The molecule has 25 heavy (non-hydrogen) atoms. The van der Waals surface area contributed by atoms with Crippen LogP contribution in [0.1, 0.15) is 0 Å². The fraction of sp³-hybridized carbons (Fsp3) is 0.0769. The van der Waals surface area contributed by atoms with E-state index in [0.717, 1.165) is 0 Å². The average molecular weight is 376 g/mol. The smallest absolute Gasteiger partial charge is 0.373 e. The van der Waals surface area contributed by atoms with Crippen LogP contribution in [0.15, 0.2) is 0 Å². The molecule has 0 spiro atoms. The van der Waals surface area contributed by atoms with Gasteiger partial charge in [0.2, 0.25) is 0 Å². The molecule has 0 heterocycles. The second-order valence-corrected chi connectivity index (χ2v) is 4.58. The van der Waals surface area contributed by atoms with Gasteiger partial charge in [0.05, 0.1) is 0 Å². The van der Waals surface area contributed by atoms with Crippen molar-refractivity contribution in [2.45, 2.75) is 0 Å². The fourth-order valence-electron chi connectivity index (χ4n) is 2.08. The Kier molecular flexibility index (Phi) is 5.03. The zero-order valence-electron chi connectivity index (χ0n) is 11.8. The van der Waals surface area contributed by atoms with E-state index in [1.807, 2.05) is 0 Å². The topological polar surface area (TPSA) is 9.23 Å². The van der Waals surface area contributed by atoms with Gasteiger partial charge in [-0.3, -0.25) is 0 Å². The maximum absolute atomic E-state index is 13.8. The molecule has 0 unspecified atom stereocenters. The van der Waals surface area contributed by atoms with Crippen molar-refractivity contribution in [2.24, 2.45) is 0 Å². The molecule has 134 valence electrons. The first-order chi connectivity index (χ1) is 11.6. The van der Waals surface area contributed by atoms with E-state index < -0.39 is 76.0 Å². The van der Waals surface area contributed by atoms with Crippen LogP contribution in [-0.2, 0) is 4.65 Å². The molecular formula is C13H3BF10O. The van der Waals surface area contributed by atoms with Crippen LogP contribution in [0.2, 0.25) is 0 Å². The highest BCUT2D eigenvalue weighted by Gasteiger charge is 2.40. The van der Waals surface area contributed by atoms with Crippen molar-refractivity contribution in [2.75, 3.05) is 7.11 Å². The zero-order chi connectivity index (χ0) is 19.2. The molecule has 0 aliphatic heterocycles. The molecule has 0 aliphatic carbocycles. The normalized spacial score (nSPS) is 11.2. The average Bonchev–Trinajstić information content (AvgIpc) is 2.60. The Morgan fingerprint density at radius 2 is 0.640 bits per heavy atom. The summed E-state index contributed by atoms with van der Waals surface area (Å²) in [5.41, 5.74) is -3.83. The molecule has 2 rings (SSSR count). The molecule has 0 fully saturated rings. The number of hydrogen-bond donors (Lipinski definition) is 0. The summed E-state index contributed by atoms with van der Waals surface area (Å²) >= 11 is 0. The summed E-state index contributed by atoms with van der Waals surface area (Å²) < 4.78 is 138. The monoisotopic (exact) mass is 376 g/mol. The molecule has 0 N–H and O–H groups in total. The Bertz CT molecular complexity index is 741. The summed E-state index contributed by atoms with van der Waals surface area (Å²) in [6.07, 6.45) is 0. The third-order valence-corrected chi connectivity index (χ3v) is 3.25. The van der Waals surface area contributed by atoms with E-state index in [1.54, 1.807) is 0 Å². The van der Waals surface area contributed by atoms with Gasteiger partial charge in [-0.2, -0.15) is 0 Å². The van der Waals surface area contributed by atoms with E-state index in [4.69, 9.17) is 0 Å². The van der Waals surface area contributed by atoms with Gasteiger partial charge in [-0.15, -0.1) is 0 Å². The van der Waals surface area contributed by atoms with Gasteiger partial charge in [0.25, 0.3) is 0 Å². The minimum Gasteiger partial charge on any atom is -0.429 e. The molecular weight excluding hydrogens is 373 g/mol. The largest absolute Gasteiger partial charge is 0.429 e. The lowest BCUT2D eigenvalue weighted by molar-refractivity contribution is 0.373. The first kappa shape index (κ1) is 19.1. The van der Waals surface area contributed by atoms with E-state index in [9.17, 15) is 43.9 Å². The standard InChI is InChI=1S/C13H3BF10O/c1-25-14(2-4(15)8(19)12(23)9(20)5(2)16)3-6(17)10(21)13(24)11(22)7(3)18/h1H3. The third kappa shape index (κ3) is 2.73. The van der Waals surface area contributed by atoms with Crippen LogP contribution in [0.25, 0.3) is 0 Å². The SMILES string of the molecule is COB(c1c(F)c(F)c(F)c(F)c1F)c1c(F)c(F)c(F)c(F)c1F. The molecule has 0 amide bonds. The molecule has 0 saturated heterocycles. The van der Waals surface area contributed by atoms with Gasteiger partial charge >= 0.3 is 6.92 Å². The quantitative estimate of drug-likeness (QED) is 0.347. The zero-order valence-corrected chi connectivity index (χ0v) is 11.8. The summed E-state index contributed by atoms with van der Waals surface area (Å²) in [6, 6.07) is 0. The van der Waals surface area contributed by atoms with Crippen LogP contribution in [0.3, 0.4) is 0 Å². The van der Waals surface area contributed by atoms with Crippen LogP contribution >= 0.6 is 0 Å². The van der Waals surface area contributed by atoms with Crippen LogP contribution < -0.4 is 10.9 Å². The molecule has 0 aromatic heterocycles. The Morgan fingerprint density at radius 1 is 0.440 bits per heavy atom. The first-order valence-corrected chi connectivity index (χ1v) is 6.11. The predicted molar refractivity (Wildman–Crippen MR) is 64.5 cm³/mol. The lowest BCUT2D eigenvalue weighted by Gasteiger charge is -2.17. The summed E-state index contributed by atoms with van der Waals surface area (Å²) in [7, 11) is 0.501. The lowest BCUT2D eigenvalue weighted by Crippen LogP contribution is -2.52. The second-order valence-electron chi connectivity index (χ2n) is 4.58. The summed E-state index contributed by atoms with van der Waals surface area (Å²) in [6.45, 7) is -2.81. The minimum atomic E-state index is -2.81. The Morgan fingerprint density at radius 3 is 0.840 bits per heavy atom. The molecule has 12 heteroatoms. The number of benzene rings is 2. The highest BCUT2D eigenvalue weighted by atomic mass is 19.2. The Labute approximate surface area is 132 Å². The van der Waals surface area contributed by atoms with Gasteiger partial charge in [-0.1, -0.05) is 0 Å². The highest BCUT2D eigenvalue weighted by molar-refractivity contribution is 6.80. The summed E-state index contributed by atoms with van der Waals surface area (Å²) in [5, 5.41) is 0. The van der Waals surface area contributed by atoms with Crippen molar-refractivity contribution in [3.05, 3.63) is 58.2 Å². The van der Waals surface area contributed by atoms with Gasteiger partial charge < -0.3 is 4.65 Å². The summed E-state index contributed by atoms with van der Waals surface area (Å²) in [4.78, 5) is 0. The highest BCUT2D eigenvalue weighted by Crippen LogP contribution is 2.20. The maximum Gasteiger partial charge on any atom is 0.373 e. The van der Waals surface area contributed by atoms with Crippen molar-refractivity contribution in [1.82, 2.24) is 0 Å². The molecule has 2 aromatic carbocycles. The van der Waals surface area contributed by atoms with Crippen LogP contribution in [0.5, 0.6) is 0 Å². The van der Waals surface area contributed by atoms with Crippen LogP contribution in [0, 0.1) is 58.2 Å². The second kappa shape index (κ2) is 6.58. The minimum absolute atomic E-state index is 0.501. The van der Waals surface area contributed by atoms with E-state index in [2.05, 4.69) is 4.65 Å². The third-order valence-electron chi connectivity index (χ3n) is 3.25. The molecule has 0 radical (unpaired) electrons. The van der Waals surface area contributed by atoms with E-state index in [1.165, 1.54) is 0 Å². The Balaban J connectivity index is 2.90. The predicted octanol–water partition coefficient (Wildman–Crippen LogP) is 2.83. The van der Waals surface area contributed by atoms with Crippen molar-refractivity contribution in [3.63, 3.8) is 0 Å². The van der Waals surface area contributed by atoms with Crippen molar-refractivity contribution in [1.29, 1.82) is 0 Å². The van der Waals surface area contributed by atoms with Gasteiger partial charge in [-0.25, -0.2) is 43.9 Å². The fourth-order valence-corrected chi connectivity index (χ4v) is 2.08. The molecule has 0 atom stereocenters. The van der Waals surface area contributed by atoms with Crippen molar-refractivity contribution < 1.29 is 48.6 Å². The van der Waals surface area contributed by atoms with Gasteiger partial charge in [-0.05, 0) is 0 Å². The van der Waals surface area contributed by atoms with Gasteiger partial charge in [0, 0.05) is 18.0 Å². The Hall–Kier alpha value is -2.24. The van der Waals surface area contributed by atoms with E-state index >= 15 is 0 Å². The molecule has 2 aromatic rings. The van der Waals surface area contributed by atoms with Crippen molar-refractivity contribution in [3.8, 4) is 0 Å². The number of rotatable bonds is 3. The molecule has 0 saturated carbocycles. The molecule has 0 bridgehead atoms. The van der Waals surface area contributed by atoms with E-state index in [0.29, 0.717) is 7.11 Å². The van der Waals surface area contributed by atoms with Crippen LogP contribution in [-0.4, -0.2) is 14.0 Å². The van der Waals surface area contributed by atoms with E-state index in [-0.39, 0.29) is 0 Å².